The summed E-state index contributed by atoms with van der Waals surface area (Å²) in [6.07, 6.45) is 1.65. The van der Waals surface area contributed by atoms with Gasteiger partial charge >= 0.3 is 11.9 Å². The summed E-state index contributed by atoms with van der Waals surface area (Å²) < 4.78 is 5.03. The monoisotopic (exact) mass is 271 g/mol. The Bertz CT molecular complexity index is 449. The van der Waals surface area contributed by atoms with Crippen molar-refractivity contribution in [2.75, 3.05) is 0 Å². The second kappa shape index (κ2) is 6.35. The van der Waals surface area contributed by atoms with Crippen LogP contribution >= 0.6 is 11.6 Å². The van der Waals surface area contributed by atoms with Crippen molar-refractivity contribution in [3.8, 4) is 0 Å². The molecule has 5 nitrogen and oxygen atoms in total. The zero-order valence-electron chi connectivity index (χ0n) is 10.1. The molecule has 0 radical (unpaired) electrons. The molecule has 1 heterocycles. The molecule has 18 heavy (non-hydrogen) atoms. The molecule has 0 spiro atoms. The van der Waals surface area contributed by atoms with Gasteiger partial charge in [0.05, 0.1) is 6.10 Å². The van der Waals surface area contributed by atoms with Gasteiger partial charge in [-0.25, -0.2) is 4.98 Å². The third-order valence-electron chi connectivity index (χ3n) is 2.46. The maximum absolute atomic E-state index is 11.8. The zero-order valence-corrected chi connectivity index (χ0v) is 10.8. The highest BCUT2D eigenvalue weighted by Gasteiger charge is 2.31. The number of hydrogen-bond acceptors (Lipinski definition) is 4. The van der Waals surface area contributed by atoms with Gasteiger partial charge in [0, 0.05) is 6.20 Å². The highest BCUT2D eigenvalue weighted by atomic mass is 35.5. The van der Waals surface area contributed by atoms with E-state index in [2.05, 4.69) is 4.98 Å². The predicted molar refractivity (Wildman–Crippen MR) is 65.5 cm³/mol. The topological polar surface area (TPSA) is 76.5 Å². The van der Waals surface area contributed by atoms with Crippen molar-refractivity contribution in [1.29, 1.82) is 0 Å². The van der Waals surface area contributed by atoms with Crippen molar-refractivity contribution in [2.24, 2.45) is 0 Å². The molecule has 0 fully saturated rings. The maximum atomic E-state index is 11.8. The van der Waals surface area contributed by atoms with E-state index in [4.69, 9.17) is 21.4 Å². The van der Waals surface area contributed by atoms with E-state index in [1.54, 1.807) is 6.92 Å². The Morgan fingerprint density at radius 2 is 2.22 bits per heavy atom. The van der Waals surface area contributed by atoms with Crippen LogP contribution in [-0.2, 0) is 14.3 Å². The average molecular weight is 272 g/mol. The minimum Gasteiger partial charge on any atom is -0.480 e. The van der Waals surface area contributed by atoms with Gasteiger partial charge in [-0.1, -0.05) is 18.5 Å². The van der Waals surface area contributed by atoms with Gasteiger partial charge in [-0.15, -0.1) is 0 Å². The largest absolute Gasteiger partial charge is 0.480 e. The summed E-state index contributed by atoms with van der Waals surface area (Å²) in [5.74, 6) is -3.44. The Kier molecular flexibility index (Phi) is 5.09. The van der Waals surface area contributed by atoms with Crippen LogP contribution in [0.3, 0.4) is 0 Å². The molecule has 6 heteroatoms. The van der Waals surface area contributed by atoms with E-state index < -0.39 is 17.9 Å². The molecule has 1 aromatic rings. The number of rotatable bonds is 5. The molecule has 1 rings (SSSR count). The SMILES string of the molecule is CCC(C)OC(=O)C(C(=O)O)c1ccnc(Cl)c1. The summed E-state index contributed by atoms with van der Waals surface area (Å²) in [7, 11) is 0. The van der Waals surface area contributed by atoms with Crippen molar-refractivity contribution < 1.29 is 19.4 Å². The zero-order chi connectivity index (χ0) is 13.7. The second-order valence-electron chi connectivity index (χ2n) is 3.84. The Hall–Kier alpha value is -1.62. The third-order valence-corrected chi connectivity index (χ3v) is 2.67. The number of pyridine rings is 1. The van der Waals surface area contributed by atoms with Crippen LogP contribution in [0.15, 0.2) is 18.3 Å². The molecule has 1 aromatic heterocycles. The summed E-state index contributed by atoms with van der Waals surface area (Å²) in [6.45, 7) is 3.55. The fourth-order valence-corrected chi connectivity index (χ4v) is 1.51. The van der Waals surface area contributed by atoms with Gasteiger partial charge in [-0.05, 0) is 31.0 Å². The van der Waals surface area contributed by atoms with Crippen molar-refractivity contribution >= 4 is 23.5 Å². The molecule has 0 aliphatic rings. The standard InChI is InChI=1S/C12H14ClNO4/c1-3-7(2)18-12(17)10(11(15)16)8-4-5-14-9(13)6-8/h4-7,10H,3H2,1-2H3,(H,15,16). The number of hydrogen-bond donors (Lipinski definition) is 1. The number of halogens is 1. The van der Waals surface area contributed by atoms with Crippen LogP contribution in [0, 0.1) is 0 Å². The smallest absolute Gasteiger partial charge is 0.325 e. The van der Waals surface area contributed by atoms with Crippen LogP contribution in [0.2, 0.25) is 5.15 Å². The average Bonchev–Trinajstić information content (AvgIpc) is 2.28. The second-order valence-corrected chi connectivity index (χ2v) is 4.23. The fraction of sp³-hybridized carbons (Fsp3) is 0.417. The van der Waals surface area contributed by atoms with Gasteiger partial charge in [0.2, 0.25) is 0 Å². The lowest BCUT2D eigenvalue weighted by atomic mass is 10.0. The molecule has 98 valence electrons. The quantitative estimate of drug-likeness (QED) is 0.505. The van der Waals surface area contributed by atoms with Crippen molar-refractivity contribution in [2.45, 2.75) is 32.3 Å². The third kappa shape index (κ3) is 3.70. The minimum atomic E-state index is -1.38. The first-order chi connectivity index (χ1) is 8.45. The first-order valence-corrected chi connectivity index (χ1v) is 5.88. The van der Waals surface area contributed by atoms with Crippen molar-refractivity contribution in [3.05, 3.63) is 29.0 Å². The Labute approximate surface area is 110 Å². The number of aromatic nitrogens is 1. The molecule has 0 aromatic carbocycles. The van der Waals surface area contributed by atoms with E-state index in [9.17, 15) is 9.59 Å². The van der Waals surface area contributed by atoms with E-state index in [1.165, 1.54) is 18.3 Å². The van der Waals surface area contributed by atoms with Crippen LogP contribution in [0.25, 0.3) is 0 Å². The van der Waals surface area contributed by atoms with Crippen LogP contribution in [0.1, 0.15) is 31.7 Å². The van der Waals surface area contributed by atoms with Crippen molar-refractivity contribution in [3.63, 3.8) is 0 Å². The van der Waals surface area contributed by atoms with Crippen LogP contribution in [-0.4, -0.2) is 28.1 Å². The van der Waals surface area contributed by atoms with E-state index in [0.717, 1.165) is 0 Å². The van der Waals surface area contributed by atoms with Gasteiger partial charge in [0.15, 0.2) is 5.92 Å². The predicted octanol–water partition coefficient (Wildman–Crippen LogP) is 2.24. The molecule has 1 N–H and O–H groups in total. The Morgan fingerprint density at radius 1 is 1.56 bits per heavy atom. The number of nitrogens with zero attached hydrogens (tertiary/aromatic N) is 1. The number of carbonyl (C=O) groups is 2. The number of ether oxygens (including phenoxy) is 1. The van der Waals surface area contributed by atoms with Gasteiger partial charge < -0.3 is 9.84 Å². The first kappa shape index (κ1) is 14.4. The summed E-state index contributed by atoms with van der Waals surface area (Å²) in [5, 5.41) is 9.24. The number of esters is 1. The molecule has 0 saturated carbocycles. The Morgan fingerprint density at radius 3 is 2.72 bits per heavy atom. The summed E-state index contributed by atoms with van der Waals surface area (Å²) in [4.78, 5) is 26.7. The molecular formula is C12H14ClNO4. The van der Waals surface area contributed by atoms with Gasteiger partial charge in [-0.3, -0.25) is 9.59 Å². The molecule has 0 saturated heterocycles. The molecule has 0 amide bonds. The van der Waals surface area contributed by atoms with Crippen molar-refractivity contribution in [1.82, 2.24) is 4.98 Å². The van der Waals surface area contributed by atoms with Gasteiger partial charge in [-0.2, -0.15) is 0 Å². The molecule has 0 aliphatic carbocycles. The van der Waals surface area contributed by atoms with E-state index >= 15 is 0 Å². The van der Waals surface area contributed by atoms with E-state index in [-0.39, 0.29) is 16.8 Å². The molecule has 2 unspecified atom stereocenters. The highest BCUT2D eigenvalue weighted by molar-refractivity contribution is 6.29. The molecule has 0 aliphatic heterocycles. The van der Waals surface area contributed by atoms with Gasteiger partial charge in [0.25, 0.3) is 0 Å². The summed E-state index contributed by atoms with van der Waals surface area (Å²) >= 11 is 5.68. The first-order valence-electron chi connectivity index (χ1n) is 5.50. The lowest BCUT2D eigenvalue weighted by Crippen LogP contribution is -2.26. The van der Waals surface area contributed by atoms with E-state index in [0.29, 0.717) is 6.42 Å². The van der Waals surface area contributed by atoms with Crippen LogP contribution < -0.4 is 0 Å². The molecular weight excluding hydrogens is 258 g/mol. The van der Waals surface area contributed by atoms with Crippen LogP contribution in [0.4, 0.5) is 0 Å². The number of carbonyl (C=O) groups excluding carboxylic acids is 1. The lowest BCUT2D eigenvalue weighted by molar-refractivity contribution is -0.157. The number of carboxylic acid groups (broad SMARTS) is 1. The number of aliphatic carboxylic acids is 1. The fourth-order valence-electron chi connectivity index (χ4n) is 1.33. The minimum absolute atomic E-state index is 0.134. The molecule has 2 atom stereocenters. The highest BCUT2D eigenvalue weighted by Crippen LogP contribution is 2.21. The summed E-state index contributed by atoms with van der Waals surface area (Å²) in [6, 6.07) is 2.78. The number of carboxylic acids is 1. The maximum Gasteiger partial charge on any atom is 0.325 e. The van der Waals surface area contributed by atoms with Gasteiger partial charge in [0.1, 0.15) is 5.15 Å². The van der Waals surface area contributed by atoms with E-state index in [1.807, 2.05) is 6.92 Å². The van der Waals surface area contributed by atoms with Crippen LogP contribution in [0.5, 0.6) is 0 Å². The Balaban J connectivity index is 2.96. The normalized spacial score (nSPS) is 13.7. The lowest BCUT2D eigenvalue weighted by Gasteiger charge is -2.16. The summed E-state index contributed by atoms with van der Waals surface area (Å²) in [5.41, 5.74) is 0.260. The molecule has 0 bridgehead atoms.